The molecule has 0 fully saturated rings. The third kappa shape index (κ3) is 2.80. The summed E-state index contributed by atoms with van der Waals surface area (Å²) >= 11 is 7.31. The fourth-order valence-corrected chi connectivity index (χ4v) is 3.39. The average Bonchev–Trinajstić information content (AvgIpc) is 2.69. The Kier molecular flexibility index (Phi) is 4.05. The van der Waals surface area contributed by atoms with Crippen molar-refractivity contribution in [3.63, 3.8) is 0 Å². The first kappa shape index (κ1) is 13.2. The molecule has 1 aromatic heterocycles. The van der Waals surface area contributed by atoms with E-state index in [4.69, 9.17) is 0 Å². The molecule has 1 heterocycles. The highest BCUT2D eigenvalue weighted by Gasteiger charge is 2.14. The highest BCUT2D eigenvalue weighted by Crippen LogP contribution is 2.25. The lowest BCUT2D eigenvalue weighted by Gasteiger charge is -2.07. The summed E-state index contributed by atoms with van der Waals surface area (Å²) in [6, 6.07) is 5.89. The molecule has 0 radical (unpaired) electrons. The minimum atomic E-state index is 0.109. The van der Waals surface area contributed by atoms with Crippen LogP contribution in [-0.2, 0) is 0 Å². The second kappa shape index (κ2) is 5.20. The van der Waals surface area contributed by atoms with Crippen molar-refractivity contribution in [2.75, 3.05) is 0 Å². The molecule has 0 bridgehead atoms. The fraction of sp³-hybridized carbons (Fsp3) is 0.154. The Morgan fingerprint density at radius 1 is 1.24 bits per heavy atom. The van der Waals surface area contributed by atoms with Crippen molar-refractivity contribution in [3.8, 4) is 0 Å². The van der Waals surface area contributed by atoms with Gasteiger partial charge in [0.2, 0.25) is 0 Å². The highest BCUT2D eigenvalue weighted by molar-refractivity contribution is 14.1. The molecule has 2 rings (SSSR count). The lowest BCUT2D eigenvalue weighted by molar-refractivity contribution is 0.103. The summed E-state index contributed by atoms with van der Waals surface area (Å²) in [6.45, 7) is 3.96. The third-order valence-electron chi connectivity index (χ3n) is 2.58. The van der Waals surface area contributed by atoms with Gasteiger partial charge in [-0.3, -0.25) is 4.79 Å². The largest absolute Gasteiger partial charge is 0.289 e. The third-order valence-corrected chi connectivity index (χ3v) is 5.22. The molecule has 0 aliphatic carbocycles. The summed E-state index contributed by atoms with van der Waals surface area (Å²) in [5.74, 6) is 0.109. The van der Waals surface area contributed by atoms with Crippen LogP contribution in [0.15, 0.2) is 28.1 Å². The summed E-state index contributed by atoms with van der Waals surface area (Å²) in [5, 5.41) is 1.92. The Bertz CT molecular complexity index is 589. The maximum absolute atomic E-state index is 12.3. The molecule has 0 unspecified atom stereocenters. The highest BCUT2D eigenvalue weighted by atomic mass is 127. The van der Waals surface area contributed by atoms with E-state index >= 15 is 0 Å². The van der Waals surface area contributed by atoms with E-state index in [1.807, 2.05) is 37.4 Å². The quantitative estimate of drug-likeness (QED) is 0.495. The Morgan fingerprint density at radius 2 is 1.94 bits per heavy atom. The van der Waals surface area contributed by atoms with Gasteiger partial charge in [-0.1, -0.05) is 15.9 Å². The van der Waals surface area contributed by atoms with Crippen molar-refractivity contribution in [1.82, 2.24) is 0 Å². The van der Waals surface area contributed by atoms with E-state index in [9.17, 15) is 4.79 Å². The summed E-state index contributed by atoms with van der Waals surface area (Å²) in [5.41, 5.74) is 3.67. The number of benzene rings is 1. The standard InChI is InChI=1S/C13H10BrIOS/c1-7-4-11(14)8(2)3-10(7)13(16)9-5-12(15)17-6-9/h3-6H,1-2H3. The first-order valence-corrected chi connectivity index (χ1v) is 7.79. The summed E-state index contributed by atoms with van der Waals surface area (Å²) in [7, 11) is 0. The zero-order valence-corrected chi connectivity index (χ0v) is 13.9. The predicted molar refractivity (Wildman–Crippen MR) is 84.1 cm³/mol. The summed E-state index contributed by atoms with van der Waals surface area (Å²) < 4.78 is 2.18. The SMILES string of the molecule is Cc1cc(C(=O)c2csc(I)c2)c(C)cc1Br. The van der Waals surface area contributed by atoms with E-state index < -0.39 is 0 Å². The van der Waals surface area contributed by atoms with Crippen LogP contribution in [0.1, 0.15) is 27.0 Å². The molecule has 0 atom stereocenters. The molecule has 0 saturated heterocycles. The number of hydrogen-bond donors (Lipinski definition) is 0. The minimum Gasteiger partial charge on any atom is -0.289 e. The maximum atomic E-state index is 12.3. The van der Waals surface area contributed by atoms with Gasteiger partial charge in [0.15, 0.2) is 5.78 Å². The van der Waals surface area contributed by atoms with Crippen molar-refractivity contribution in [2.24, 2.45) is 0 Å². The van der Waals surface area contributed by atoms with Gasteiger partial charge in [-0.2, -0.15) is 0 Å². The van der Waals surface area contributed by atoms with Crippen LogP contribution in [-0.4, -0.2) is 5.78 Å². The van der Waals surface area contributed by atoms with Crippen LogP contribution < -0.4 is 0 Å². The molecule has 1 aromatic carbocycles. The molecular weight excluding hydrogens is 411 g/mol. The number of carbonyl (C=O) groups is 1. The normalized spacial score (nSPS) is 10.6. The van der Waals surface area contributed by atoms with E-state index in [1.165, 1.54) is 0 Å². The van der Waals surface area contributed by atoms with Crippen LogP contribution in [0, 0.1) is 16.7 Å². The zero-order chi connectivity index (χ0) is 12.6. The fourth-order valence-electron chi connectivity index (χ4n) is 1.61. The smallest absolute Gasteiger partial charge is 0.194 e. The monoisotopic (exact) mass is 420 g/mol. The van der Waals surface area contributed by atoms with Crippen molar-refractivity contribution in [1.29, 1.82) is 0 Å². The number of hydrogen-bond acceptors (Lipinski definition) is 2. The summed E-state index contributed by atoms with van der Waals surface area (Å²) in [6.07, 6.45) is 0. The van der Waals surface area contributed by atoms with Crippen LogP contribution in [0.4, 0.5) is 0 Å². The molecule has 0 spiro atoms. The molecular formula is C13H10BrIOS. The van der Waals surface area contributed by atoms with Gasteiger partial charge >= 0.3 is 0 Å². The van der Waals surface area contributed by atoms with E-state index in [2.05, 4.69) is 38.5 Å². The number of rotatable bonds is 2. The molecule has 4 heteroatoms. The summed E-state index contributed by atoms with van der Waals surface area (Å²) in [4.78, 5) is 12.3. The zero-order valence-electron chi connectivity index (χ0n) is 9.38. The topological polar surface area (TPSA) is 17.1 Å². The second-order valence-corrected chi connectivity index (χ2v) is 7.54. The van der Waals surface area contributed by atoms with Crippen LogP contribution in [0.2, 0.25) is 0 Å². The second-order valence-electron chi connectivity index (χ2n) is 3.88. The molecule has 2 aromatic rings. The van der Waals surface area contributed by atoms with Crippen LogP contribution in [0.3, 0.4) is 0 Å². The Balaban J connectivity index is 2.47. The molecule has 1 nitrogen and oxygen atoms in total. The predicted octanol–water partition coefficient (Wildman–Crippen LogP) is 4.96. The Hall–Kier alpha value is -0.200. The molecule has 0 aliphatic heterocycles. The van der Waals surface area contributed by atoms with E-state index in [1.54, 1.807) is 11.3 Å². The van der Waals surface area contributed by atoms with Gasteiger partial charge in [0.25, 0.3) is 0 Å². The lowest BCUT2D eigenvalue weighted by Crippen LogP contribution is -2.03. The number of aryl methyl sites for hydroxylation is 2. The van der Waals surface area contributed by atoms with Crippen molar-refractivity contribution < 1.29 is 4.79 Å². The van der Waals surface area contributed by atoms with Gasteiger partial charge in [0.1, 0.15) is 0 Å². The Labute approximate surface area is 127 Å². The van der Waals surface area contributed by atoms with Crippen molar-refractivity contribution >= 4 is 55.6 Å². The van der Waals surface area contributed by atoms with Gasteiger partial charge < -0.3 is 0 Å². The number of halogens is 2. The molecule has 17 heavy (non-hydrogen) atoms. The first-order chi connectivity index (χ1) is 7.99. The molecule has 0 N–H and O–H groups in total. The van der Waals surface area contributed by atoms with Gasteiger partial charge in [-0.15, -0.1) is 11.3 Å². The molecule has 0 aliphatic rings. The van der Waals surface area contributed by atoms with Crippen molar-refractivity contribution in [3.05, 3.63) is 53.2 Å². The van der Waals surface area contributed by atoms with Gasteiger partial charge in [-0.05, 0) is 65.8 Å². The number of thiophene rings is 1. The number of ketones is 1. The Morgan fingerprint density at radius 3 is 2.53 bits per heavy atom. The van der Waals surface area contributed by atoms with Crippen LogP contribution in [0.25, 0.3) is 0 Å². The van der Waals surface area contributed by atoms with Gasteiger partial charge in [-0.25, -0.2) is 0 Å². The van der Waals surface area contributed by atoms with Crippen LogP contribution in [0.5, 0.6) is 0 Å². The lowest BCUT2D eigenvalue weighted by atomic mass is 9.99. The van der Waals surface area contributed by atoms with Crippen LogP contribution >= 0.6 is 49.9 Å². The average molecular weight is 421 g/mol. The molecule has 88 valence electrons. The van der Waals surface area contributed by atoms with Gasteiger partial charge in [0.05, 0.1) is 2.88 Å². The minimum absolute atomic E-state index is 0.109. The first-order valence-electron chi connectivity index (χ1n) is 5.04. The molecule has 0 saturated carbocycles. The maximum Gasteiger partial charge on any atom is 0.194 e. The van der Waals surface area contributed by atoms with E-state index in [0.29, 0.717) is 0 Å². The van der Waals surface area contributed by atoms with Gasteiger partial charge in [0, 0.05) is 21.0 Å². The molecule has 0 amide bonds. The van der Waals surface area contributed by atoms with E-state index in [0.717, 1.165) is 29.6 Å². The number of carbonyl (C=O) groups excluding carboxylic acids is 1. The van der Waals surface area contributed by atoms with Crippen molar-refractivity contribution in [2.45, 2.75) is 13.8 Å². The van der Waals surface area contributed by atoms with E-state index in [-0.39, 0.29) is 5.78 Å².